The summed E-state index contributed by atoms with van der Waals surface area (Å²) in [6.07, 6.45) is 0.748. The van der Waals surface area contributed by atoms with Crippen molar-refractivity contribution in [3.8, 4) is 0 Å². The fraction of sp³-hybridized carbons (Fsp3) is 0.111. The molecule has 15 heavy (non-hydrogen) atoms. The van der Waals surface area contributed by atoms with Crippen molar-refractivity contribution in [3.63, 3.8) is 0 Å². The molecule has 1 aromatic carbocycles. The zero-order valence-electron chi connectivity index (χ0n) is 7.38. The van der Waals surface area contributed by atoms with Crippen LogP contribution in [0.15, 0.2) is 18.2 Å². The maximum atomic E-state index is 5.92. The number of halogens is 3. The highest BCUT2D eigenvalue weighted by molar-refractivity contribution is 14.1. The summed E-state index contributed by atoms with van der Waals surface area (Å²) >= 11 is 15.3. The molecule has 2 nitrogen and oxygen atoms in total. The average Bonchev–Trinajstić information content (AvgIpc) is 2.58. The number of hydrogen-bond donors (Lipinski definition) is 0. The van der Waals surface area contributed by atoms with Crippen LogP contribution in [0.25, 0.3) is 0 Å². The summed E-state index contributed by atoms with van der Waals surface area (Å²) in [5, 5.41) is 2.14. The first-order valence-corrected chi connectivity index (χ1v) is 6.68. The molecule has 2 aromatic rings. The molecule has 0 aliphatic rings. The van der Waals surface area contributed by atoms with E-state index in [9.17, 15) is 0 Å². The van der Waals surface area contributed by atoms with Gasteiger partial charge >= 0.3 is 0 Å². The molecule has 0 unspecified atom stereocenters. The molecule has 0 spiro atoms. The van der Waals surface area contributed by atoms with Gasteiger partial charge in [-0.2, -0.15) is 4.37 Å². The van der Waals surface area contributed by atoms with Gasteiger partial charge < -0.3 is 0 Å². The maximum absolute atomic E-state index is 5.92. The Kier molecular flexibility index (Phi) is 3.82. The largest absolute Gasteiger partial charge is 0.214 e. The Morgan fingerprint density at radius 3 is 2.67 bits per heavy atom. The fourth-order valence-electron chi connectivity index (χ4n) is 1.13. The van der Waals surface area contributed by atoms with Crippen LogP contribution in [0.3, 0.4) is 0 Å². The minimum atomic E-state index is 0.576. The van der Waals surface area contributed by atoms with E-state index in [1.807, 2.05) is 12.1 Å². The molecule has 6 heteroatoms. The minimum Gasteiger partial charge on any atom is -0.214 e. The monoisotopic (exact) mass is 370 g/mol. The Labute approximate surface area is 115 Å². The van der Waals surface area contributed by atoms with Crippen LogP contribution in [0.4, 0.5) is 0 Å². The second-order valence-electron chi connectivity index (χ2n) is 2.88. The normalized spacial score (nSPS) is 10.6. The molecule has 1 heterocycles. The van der Waals surface area contributed by atoms with E-state index in [0.717, 1.165) is 20.8 Å². The number of rotatable bonds is 2. The highest BCUT2D eigenvalue weighted by Gasteiger charge is 2.04. The van der Waals surface area contributed by atoms with Crippen LogP contribution >= 0.6 is 57.3 Å². The molecule has 1 aromatic heterocycles. The molecule has 0 bridgehead atoms. The first kappa shape index (κ1) is 11.6. The van der Waals surface area contributed by atoms with Crippen molar-refractivity contribution in [2.75, 3.05) is 0 Å². The fourth-order valence-corrected chi connectivity index (χ4v) is 2.78. The highest BCUT2D eigenvalue weighted by Crippen LogP contribution is 2.24. The third-order valence-electron chi connectivity index (χ3n) is 1.78. The summed E-state index contributed by atoms with van der Waals surface area (Å²) in [5.41, 5.74) is 1.09. The second-order valence-corrected chi connectivity index (χ2v) is 5.50. The van der Waals surface area contributed by atoms with Crippen LogP contribution < -0.4 is 0 Å². The predicted molar refractivity (Wildman–Crippen MR) is 71.9 cm³/mol. The van der Waals surface area contributed by atoms with Gasteiger partial charge in [-0.1, -0.05) is 29.3 Å². The summed E-state index contributed by atoms with van der Waals surface area (Å²) in [6.45, 7) is 0. The quantitative estimate of drug-likeness (QED) is 0.745. The van der Waals surface area contributed by atoms with E-state index in [2.05, 4.69) is 31.9 Å². The summed E-state index contributed by atoms with van der Waals surface area (Å²) in [5.74, 6) is 0. The Morgan fingerprint density at radius 2 is 2.07 bits per heavy atom. The molecule has 78 valence electrons. The van der Waals surface area contributed by atoms with E-state index in [0.29, 0.717) is 10.0 Å². The van der Waals surface area contributed by atoms with E-state index in [-0.39, 0.29) is 0 Å². The van der Waals surface area contributed by atoms with Crippen LogP contribution in [0.1, 0.15) is 10.6 Å². The van der Waals surface area contributed by atoms with Crippen molar-refractivity contribution in [2.24, 2.45) is 0 Å². The van der Waals surface area contributed by atoms with Crippen molar-refractivity contribution in [1.82, 2.24) is 9.36 Å². The van der Waals surface area contributed by atoms with Crippen LogP contribution in [-0.2, 0) is 6.42 Å². The molecule has 0 aliphatic carbocycles. The van der Waals surface area contributed by atoms with Crippen LogP contribution in [0.5, 0.6) is 0 Å². The highest BCUT2D eigenvalue weighted by atomic mass is 127. The van der Waals surface area contributed by atoms with E-state index >= 15 is 0 Å². The van der Waals surface area contributed by atoms with Gasteiger partial charge in [0, 0.05) is 29.0 Å². The lowest BCUT2D eigenvalue weighted by Gasteiger charge is -1.99. The van der Waals surface area contributed by atoms with Crippen molar-refractivity contribution >= 4 is 57.3 Å². The van der Waals surface area contributed by atoms with E-state index < -0.39 is 0 Å². The van der Waals surface area contributed by atoms with Gasteiger partial charge in [-0.25, -0.2) is 4.98 Å². The molecule has 0 radical (unpaired) electrons. The lowest BCUT2D eigenvalue weighted by molar-refractivity contribution is 1.10. The molecule has 0 atom stereocenters. The number of aromatic nitrogens is 2. The molecule has 0 saturated heterocycles. The second kappa shape index (κ2) is 4.95. The molecule has 2 rings (SSSR count). The maximum Gasteiger partial charge on any atom is 0.203 e. The Hall–Kier alpha value is 0.0900. The SMILES string of the molecule is Clc1ccc(Cc2nc(I)ns2)cc1Cl. The van der Waals surface area contributed by atoms with Crippen LogP contribution in [0.2, 0.25) is 10.0 Å². The third kappa shape index (κ3) is 3.03. The Morgan fingerprint density at radius 1 is 1.27 bits per heavy atom. The zero-order chi connectivity index (χ0) is 10.8. The van der Waals surface area contributed by atoms with E-state index in [1.54, 1.807) is 6.07 Å². The van der Waals surface area contributed by atoms with Crippen molar-refractivity contribution in [2.45, 2.75) is 6.42 Å². The van der Waals surface area contributed by atoms with Crippen LogP contribution in [-0.4, -0.2) is 9.36 Å². The predicted octanol–water partition coefficient (Wildman–Crippen LogP) is 4.04. The number of benzene rings is 1. The number of nitrogens with zero attached hydrogens (tertiary/aromatic N) is 2. The first-order valence-electron chi connectivity index (χ1n) is 4.07. The first-order chi connectivity index (χ1) is 7.15. The van der Waals surface area contributed by atoms with Gasteiger partial charge in [0.05, 0.1) is 10.0 Å². The summed E-state index contributed by atoms with van der Waals surface area (Å²) in [6, 6.07) is 5.60. The molecule has 0 fully saturated rings. The van der Waals surface area contributed by atoms with E-state index in [1.165, 1.54) is 11.5 Å². The summed E-state index contributed by atoms with van der Waals surface area (Å²) in [4.78, 5) is 4.28. The topological polar surface area (TPSA) is 25.8 Å². The van der Waals surface area contributed by atoms with Crippen molar-refractivity contribution in [1.29, 1.82) is 0 Å². The minimum absolute atomic E-state index is 0.576. The van der Waals surface area contributed by atoms with Crippen molar-refractivity contribution < 1.29 is 0 Å². The average molecular weight is 371 g/mol. The molecule has 0 N–H and O–H groups in total. The Balaban J connectivity index is 2.21. The van der Waals surface area contributed by atoms with Gasteiger partial charge in [-0.15, -0.1) is 0 Å². The molecular weight excluding hydrogens is 366 g/mol. The Bertz CT molecular complexity index is 487. The molecular formula is C9H5Cl2IN2S. The van der Waals surface area contributed by atoms with Gasteiger partial charge in [0.1, 0.15) is 5.01 Å². The lowest BCUT2D eigenvalue weighted by Crippen LogP contribution is -1.87. The smallest absolute Gasteiger partial charge is 0.203 e. The van der Waals surface area contributed by atoms with Gasteiger partial charge in [-0.3, -0.25) is 0 Å². The van der Waals surface area contributed by atoms with Gasteiger partial charge in [0.2, 0.25) is 3.83 Å². The summed E-state index contributed by atoms with van der Waals surface area (Å²) < 4.78 is 4.90. The lowest BCUT2D eigenvalue weighted by atomic mass is 10.2. The molecule has 0 amide bonds. The van der Waals surface area contributed by atoms with Gasteiger partial charge in [0.25, 0.3) is 0 Å². The van der Waals surface area contributed by atoms with E-state index in [4.69, 9.17) is 23.2 Å². The van der Waals surface area contributed by atoms with Gasteiger partial charge in [0.15, 0.2) is 0 Å². The standard InChI is InChI=1S/C9H5Cl2IN2S/c10-6-2-1-5(3-7(6)11)4-8-13-9(12)14-15-8/h1-3H,4H2. The zero-order valence-corrected chi connectivity index (χ0v) is 11.9. The van der Waals surface area contributed by atoms with Crippen molar-refractivity contribution in [3.05, 3.63) is 42.6 Å². The summed E-state index contributed by atoms with van der Waals surface area (Å²) in [7, 11) is 0. The molecule has 0 saturated carbocycles. The molecule has 0 aliphatic heterocycles. The van der Waals surface area contributed by atoms with Crippen LogP contribution in [0, 0.1) is 3.83 Å². The third-order valence-corrected chi connectivity index (χ3v) is 4.04. The van der Waals surface area contributed by atoms with Gasteiger partial charge in [-0.05, 0) is 29.2 Å². The number of hydrogen-bond acceptors (Lipinski definition) is 3.